The molecule has 0 aliphatic rings. The van der Waals surface area contributed by atoms with E-state index < -0.39 is 0 Å². The lowest BCUT2D eigenvalue weighted by Crippen LogP contribution is -1.94. The lowest BCUT2D eigenvalue weighted by molar-refractivity contribution is 0.669. The molecule has 0 radical (unpaired) electrons. The highest BCUT2D eigenvalue weighted by Crippen LogP contribution is 2.44. The molecule has 0 saturated heterocycles. The van der Waals surface area contributed by atoms with Gasteiger partial charge in [-0.05, 0) is 65.7 Å². The summed E-state index contributed by atoms with van der Waals surface area (Å²) in [7, 11) is 0. The number of thiophene rings is 1. The summed E-state index contributed by atoms with van der Waals surface area (Å²) in [4.78, 5) is 10.6. The van der Waals surface area contributed by atoms with Gasteiger partial charge in [0.2, 0.25) is 0 Å². The first-order valence-corrected chi connectivity index (χ1v) is 17.9. The topological polar surface area (TPSA) is 43.9 Å². The molecule has 0 amide bonds. The molecule has 4 nitrogen and oxygen atoms in total. The predicted molar refractivity (Wildman–Crippen MR) is 213 cm³/mol. The van der Waals surface area contributed by atoms with E-state index in [4.69, 9.17) is 14.4 Å². The normalized spacial score (nSPS) is 11.9. The van der Waals surface area contributed by atoms with Gasteiger partial charge in [-0.15, -0.1) is 11.3 Å². The first-order valence-electron chi connectivity index (χ1n) is 17.1. The molecule has 4 aromatic heterocycles. The monoisotopic (exact) mass is 669 g/mol. The van der Waals surface area contributed by atoms with Crippen LogP contribution in [-0.2, 0) is 0 Å². The summed E-state index contributed by atoms with van der Waals surface area (Å²) in [6.45, 7) is 0. The number of rotatable bonds is 4. The largest absolute Gasteiger partial charge is 0.456 e. The third-order valence-electron chi connectivity index (χ3n) is 10.0. The van der Waals surface area contributed by atoms with Gasteiger partial charge in [-0.2, -0.15) is 0 Å². The Labute approximate surface area is 296 Å². The first-order chi connectivity index (χ1) is 25.3. The number of fused-ring (bicyclic) bond motifs is 9. The van der Waals surface area contributed by atoms with Gasteiger partial charge in [0, 0.05) is 48.4 Å². The molecule has 0 saturated carbocycles. The average molecular weight is 670 g/mol. The molecule has 4 heterocycles. The van der Waals surface area contributed by atoms with E-state index in [-0.39, 0.29) is 0 Å². The van der Waals surface area contributed by atoms with Gasteiger partial charge in [-0.3, -0.25) is 0 Å². The second kappa shape index (κ2) is 11.0. The number of nitrogens with zero attached hydrogens (tertiary/aromatic N) is 3. The lowest BCUT2D eigenvalue weighted by Gasteiger charge is -2.11. The molecule has 0 unspecified atom stereocenters. The summed E-state index contributed by atoms with van der Waals surface area (Å²) in [5, 5.41) is 5.74. The number of furan rings is 1. The van der Waals surface area contributed by atoms with Crippen molar-refractivity contribution in [3.63, 3.8) is 0 Å². The summed E-state index contributed by atoms with van der Waals surface area (Å²) in [5.74, 6) is 0.676. The number of benzene rings is 7. The van der Waals surface area contributed by atoms with Gasteiger partial charge in [0.15, 0.2) is 5.82 Å². The second-order valence-corrected chi connectivity index (χ2v) is 14.0. The Hall–Kier alpha value is -6.56. The predicted octanol–water partition coefficient (Wildman–Crippen LogP) is 12.8. The fourth-order valence-electron chi connectivity index (χ4n) is 7.72. The summed E-state index contributed by atoms with van der Waals surface area (Å²) < 4.78 is 11.2. The van der Waals surface area contributed by atoms with Crippen LogP contribution < -0.4 is 0 Å². The van der Waals surface area contributed by atoms with Gasteiger partial charge in [0.25, 0.3) is 0 Å². The van der Waals surface area contributed by atoms with Crippen LogP contribution in [0.5, 0.6) is 0 Å². The molecule has 0 fully saturated rings. The smallest absolute Gasteiger partial charge is 0.160 e. The fraction of sp³-hybridized carbons (Fsp3) is 0. The molecular weight excluding hydrogens is 643 g/mol. The van der Waals surface area contributed by atoms with Crippen LogP contribution in [-0.4, -0.2) is 14.5 Å². The van der Waals surface area contributed by atoms with Crippen LogP contribution >= 0.6 is 11.3 Å². The number of hydrogen-bond donors (Lipinski definition) is 0. The van der Waals surface area contributed by atoms with Crippen LogP contribution in [0.3, 0.4) is 0 Å². The summed E-state index contributed by atoms with van der Waals surface area (Å²) >= 11 is 1.75. The van der Waals surface area contributed by atoms with E-state index in [1.54, 1.807) is 11.3 Å². The molecule has 5 heteroatoms. The van der Waals surface area contributed by atoms with Crippen molar-refractivity contribution in [2.45, 2.75) is 0 Å². The second-order valence-electron chi connectivity index (χ2n) is 13.0. The first kappa shape index (κ1) is 28.3. The van der Waals surface area contributed by atoms with Crippen molar-refractivity contribution in [1.82, 2.24) is 14.5 Å². The highest BCUT2D eigenvalue weighted by Gasteiger charge is 2.21. The third kappa shape index (κ3) is 4.32. The van der Waals surface area contributed by atoms with Crippen LogP contribution in [0.2, 0.25) is 0 Å². The van der Waals surface area contributed by atoms with Gasteiger partial charge >= 0.3 is 0 Å². The van der Waals surface area contributed by atoms with Crippen molar-refractivity contribution in [3.05, 3.63) is 164 Å². The quantitative estimate of drug-likeness (QED) is 0.187. The van der Waals surface area contributed by atoms with Crippen LogP contribution in [0.1, 0.15) is 0 Å². The third-order valence-corrected chi connectivity index (χ3v) is 11.2. The van der Waals surface area contributed by atoms with Gasteiger partial charge in [0.05, 0.1) is 26.9 Å². The molecule has 238 valence electrons. The van der Waals surface area contributed by atoms with E-state index in [1.165, 1.54) is 26.5 Å². The Kier molecular flexibility index (Phi) is 6.09. The van der Waals surface area contributed by atoms with Crippen molar-refractivity contribution < 1.29 is 4.42 Å². The summed E-state index contributed by atoms with van der Waals surface area (Å²) in [6, 6.07) is 57.7. The standard InChI is InChI=1S/C46H27N3OS/c1-3-13-28(14-4-1)43-45-44(34-19-9-12-22-41(34)51-45)48-46(47-43)30-26-35(42-33-18-8-11-21-39(33)50-40(42)27-30)29-23-24-38-36(25-29)32-17-7-10-20-37(32)49(38)31-15-5-2-6-16-31/h1-27H. The van der Waals surface area contributed by atoms with Crippen molar-refractivity contribution in [3.8, 4) is 39.5 Å². The minimum absolute atomic E-state index is 0.676. The number of aromatic nitrogens is 3. The van der Waals surface area contributed by atoms with Crippen molar-refractivity contribution in [1.29, 1.82) is 0 Å². The molecule has 0 N–H and O–H groups in total. The molecular formula is C46H27N3OS. The molecule has 0 spiro atoms. The van der Waals surface area contributed by atoms with E-state index in [1.807, 2.05) is 18.2 Å². The minimum atomic E-state index is 0.676. The maximum absolute atomic E-state index is 6.60. The van der Waals surface area contributed by atoms with E-state index in [9.17, 15) is 0 Å². The van der Waals surface area contributed by atoms with Gasteiger partial charge in [0.1, 0.15) is 11.2 Å². The van der Waals surface area contributed by atoms with Crippen LogP contribution in [0, 0.1) is 0 Å². The number of para-hydroxylation sites is 3. The van der Waals surface area contributed by atoms with Crippen LogP contribution in [0.15, 0.2) is 168 Å². The van der Waals surface area contributed by atoms with Crippen molar-refractivity contribution >= 4 is 75.4 Å². The van der Waals surface area contributed by atoms with Crippen LogP contribution in [0.4, 0.5) is 0 Å². The van der Waals surface area contributed by atoms with E-state index in [2.05, 4.69) is 150 Å². The van der Waals surface area contributed by atoms with E-state index in [0.717, 1.165) is 71.2 Å². The molecule has 0 atom stereocenters. The Morgan fingerprint density at radius 1 is 0.490 bits per heavy atom. The molecule has 11 rings (SSSR count). The van der Waals surface area contributed by atoms with Crippen molar-refractivity contribution in [2.24, 2.45) is 0 Å². The van der Waals surface area contributed by atoms with E-state index >= 15 is 0 Å². The Morgan fingerprint density at radius 2 is 1.20 bits per heavy atom. The maximum Gasteiger partial charge on any atom is 0.160 e. The minimum Gasteiger partial charge on any atom is -0.456 e. The highest BCUT2D eigenvalue weighted by molar-refractivity contribution is 7.26. The Morgan fingerprint density at radius 3 is 2.06 bits per heavy atom. The van der Waals surface area contributed by atoms with Crippen LogP contribution in [0.25, 0.3) is 104 Å². The van der Waals surface area contributed by atoms with Gasteiger partial charge in [-0.25, -0.2) is 9.97 Å². The maximum atomic E-state index is 6.60. The molecule has 0 aliphatic heterocycles. The molecule has 0 bridgehead atoms. The molecule has 51 heavy (non-hydrogen) atoms. The zero-order valence-electron chi connectivity index (χ0n) is 27.2. The Balaban J connectivity index is 1.20. The van der Waals surface area contributed by atoms with Gasteiger partial charge < -0.3 is 8.98 Å². The van der Waals surface area contributed by atoms with E-state index in [0.29, 0.717) is 5.82 Å². The zero-order valence-corrected chi connectivity index (χ0v) is 28.1. The highest BCUT2D eigenvalue weighted by atomic mass is 32.1. The lowest BCUT2D eigenvalue weighted by atomic mass is 9.95. The fourth-order valence-corrected chi connectivity index (χ4v) is 8.87. The summed E-state index contributed by atoms with van der Waals surface area (Å²) in [6.07, 6.45) is 0. The number of hydrogen-bond acceptors (Lipinski definition) is 4. The zero-order chi connectivity index (χ0) is 33.5. The average Bonchev–Trinajstić information content (AvgIpc) is 3.87. The van der Waals surface area contributed by atoms with Crippen molar-refractivity contribution in [2.75, 3.05) is 0 Å². The SMILES string of the molecule is c1ccc(-c2nc(-c3cc(-c4ccc5c(c4)c4ccccc4n5-c4ccccc4)c4c(c3)oc3ccccc34)nc3c2sc2ccccc23)cc1. The molecule has 0 aliphatic carbocycles. The Bertz CT molecular complexity index is 3140. The molecule has 11 aromatic rings. The molecule has 7 aromatic carbocycles. The summed E-state index contributed by atoms with van der Waals surface area (Å²) in [5.41, 5.74) is 11.3. The van der Waals surface area contributed by atoms with Gasteiger partial charge in [-0.1, -0.05) is 109 Å².